The summed E-state index contributed by atoms with van der Waals surface area (Å²) in [5.41, 5.74) is 2.73. The monoisotopic (exact) mass is 356 g/mol. The Bertz CT molecular complexity index is 722. The molecule has 0 spiro atoms. The first-order valence-electron chi connectivity index (χ1n) is 9.18. The van der Waals surface area contributed by atoms with Crippen molar-refractivity contribution in [3.8, 4) is 0 Å². The molecule has 139 valence electrons. The van der Waals surface area contributed by atoms with Gasteiger partial charge < -0.3 is 20.2 Å². The van der Waals surface area contributed by atoms with Gasteiger partial charge in [0, 0.05) is 12.6 Å². The summed E-state index contributed by atoms with van der Waals surface area (Å²) in [6.07, 6.45) is -0.642. The summed E-state index contributed by atoms with van der Waals surface area (Å²) in [7, 11) is 0. The van der Waals surface area contributed by atoms with Crippen LogP contribution in [0, 0.1) is 12.5 Å². The highest BCUT2D eigenvalue weighted by molar-refractivity contribution is 5.79. The molecule has 1 aliphatic rings. The summed E-state index contributed by atoms with van der Waals surface area (Å²) in [5.74, 6) is -0.277. The molecule has 0 amide bonds. The first-order valence-corrected chi connectivity index (χ1v) is 9.18. The molecule has 1 heterocycles. The fraction of sp³-hybridized carbons (Fsp3) is 0.381. The molecule has 1 aliphatic heterocycles. The van der Waals surface area contributed by atoms with Gasteiger partial charge in [0.05, 0.1) is 23.5 Å². The number of rotatable bonds is 7. The number of anilines is 2. The van der Waals surface area contributed by atoms with Gasteiger partial charge in [0.1, 0.15) is 12.5 Å². The average Bonchev–Trinajstić information content (AvgIpc) is 3.00. The molecule has 26 heavy (non-hydrogen) atoms. The van der Waals surface area contributed by atoms with Gasteiger partial charge in [0.2, 0.25) is 0 Å². The predicted molar refractivity (Wildman–Crippen MR) is 105 cm³/mol. The number of nitrogens with one attached hydrogen (secondary N) is 1. The Labute approximate surface area is 155 Å². The molecule has 1 radical (unpaired) electrons. The van der Waals surface area contributed by atoms with Crippen LogP contribution in [-0.2, 0) is 0 Å². The normalized spacial score (nSPS) is 16.1. The van der Waals surface area contributed by atoms with Crippen molar-refractivity contribution >= 4 is 11.4 Å². The molecule has 3 rings (SSSR count). The zero-order valence-corrected chi connectivity index (χ0v) is 15.6. The lowest BCUT2D eigenvalue weighted by molar-refractivity contribution is 0.141. The number of hydrogen-bond donors (Lipinski definition) is 2. The van der Waals surface area contributed by atoms with Crippen molar-refractivity contribution in [2.24, 2.45) is 0 Å². The molecule has 2 atom stereocenters. The lowest BCUT2D eigenvalue weighted by Gasteiger charge is -2.34. The van der Waals surface area contributed by atoms with E-state index in [4.69, 9.17) is 0 Å². The maximum Gasteiger partial charge on any atom is 0.143 e. The van der Waals surface area contributed by atoms with Crippen LogP contribution in [0.5, 0.6) is 0 Å². The second kappa shape index (κ2) is 8.06. The second-order valence-corrected chi connectivity index (χ2v) is 6.89. The third-order valence-electron chi connectivity index (χ3n) is 4.71. The Kier molecular flexibility index (Phi) is 5.79. The van der Waals surface area contributed by atoms with E-state index in [0.29, 0.717) is 6.54 Å². The molecule has 0 saturated heterocycles. The van der Waals surface area contributed by atoms with E-state index in [-0.39, 0.29) is 17.9 Å². The summed E-state index contributed by atoms with van der Waals surface area (Å²) < 4.78 is 14.0. The van der Waals surface area contributed by atoms with Crippen LogP contribution in [0.4, 0.5) is 15.8 Å². The Morgan fingerprint density at radius 2 is 1.77 bits per heavy atom. The van der Waals surface area contributed by atoms with Gasteiger partial charge in [-0.3, -0.25) is 0 Å². The van der Waals surface area contributed by atoms with Crippen LogP contribution in [0.15, 0.2) is 48.5 Å². The Hall–Kier alpha value is -2.11. The van der Waals surface area contributed by atoms with Crippen molar-refractivity contribution in [3.63, 3.8) is 0 Å². The van der Waals surface area contributed by atoms with Gasteiger partial charge >= 0.3 is 0 Å². The third kappa shape index (κ3) is 3.69. The van der Waals surface area contributed by atoms with E-state index in [1.54, 1.807) is 12.1 Å². The van der Waals surface area contributed by atoms with Crippen molar-refractivity contribution in [1.29, 1.82) is 0 Å². The first-order chi connectivity index (χ1) is 12.5. The largest absolute Gasteiger partial charge is 0.389 e. The maximum atomic E-state index is 14.0. The van der Waals surface area contributed by atoms with Gasteiger partial charge in [-0.15, -0.1) is 0 Å². The van der Waals surface area contributed by atoms with Crippen LogP contribution in [-0.4, -0.2) is 30.3 Å². The average molecular weight is 356 g/mol. The number of likely N-dealkylation sites (N-methyl/N-ethyl adjacent to an activating group) is 1. The molecular weight excluding hydrogens is 329 g/mol. The summed E-state index contributed by atoms with van der Waals surface area (Å²) in [5, 5.41) is 14.2. The number of halogens is 1. The van der Waals surface area contributed by atoms with Gasteiger partial charge in [-0.2, -0.15) is 0 Å². The molecular formula is C21H27FN3O. The van der Waals surface area contributed by atoms with Crippen molar-refractivity contribution < 1.29 is 9.50 Å². The number of nitrogens with zero attached hydrogens (tertiary/aromatic N) is 2. The fourth-order valence-corrected chi connectivity index (χ4v) is 3.44. The number of hydrogen-bond acceptors (Lipinski definition) is 4. The minimum Gasteiger partial charge on any atom is -0.389 e. The van der Waals surface area contributed by atoms with E-state index >= 15 is 0 Å². The Morgan fingerprint density at radius 3 is 2.42 bits per heavy atom. The van der Waals surface area contributed by atoms with Crippen LogP contribution in [0.1, 0.15) is 32.4 Å². The van der Waals surface area contributed by atoms with Crippen LogP contribution in [0.25, 0.3) is 0 Å². The standard InChI is InChI=1S/C21H27FN3O/c1-4-23-13-20(26)21(16-8-6-5-7-9-16)25-14-24(15(2)3)18-11-10-17(22)12-19(18)25/h5-12,14-15,20-21,23,26H,4,13H2,1-3H3. The van der Waals surface area contributed by atoms with Crippen molar-refractivity contribution in [2.75, 3.05) is 22.9 Å². The molecule has 2 aromatic rings. The predicted octanol–water partition coefficient (Wildman–Crippen LogP) is 3.69. The second-order valence-electron chi connectivity index (χ2n) is 6.89. The summed E-state index contributed by atoms with van der Waals surface area (Å²) in [6, 6.07) is 14.7. The highest BCUT2D eigenvalue weighted by Gasteiger charge is 2.37. The number of aliphatic hydroxyl groups excluding tert-OH is 1. The molecule has 0 bridgehead atoms. The topological polar surface area (TPSA) is 38.7 Å². The van der Waals surface area contributed by atoms with Crippen LogP contribution < -0.4 is 15.1 Å². The first kappa shape index (κ1) is 18.7. The van der Waals surface area contributed by atoms with Crippen molar-refractivity contribution in [2.45, 2.75) is 39.0 Å². The zero-order valence-electron chi connectivity index (χ0n) is 15.6. The molecule has 2 unspecified atom stereocenters. The molecule has 2 aromatic carbocycles. The number of fused-ring (bicyclic) bond motifs is 1. The van der Waals surface area contributed by atoms with Gasteiger partial charge in [-0.1, -0.05) is 37.3 Å². The Morgan fingerprint density at radius 1 is 1.04 bits per heavy atom. The summed E-state index contributed by atoms with van der Waals surface area (Å²) >= 11 is 0. The minimum absolute atomic E-state index is 0.228. The smallest absolute Gasteiger partial charge is 0.143 e. The molecule has 0 fully saturated rings. The van der Waals surface area contributed by atoms with E-state index < -0.39 is 6.10 Å². The van der Waals surface area contributed by atoms with Gasteiger partial charge in [0.15, 0.2) is 0 Å². The van der Waals surface area contributed by atoms with E-state index in [9.17, 15) is 9.50 Å². The third-order valence-corrected chi connectivity index (χ3v) is 4.71. The molecule has 0 saturated carbocycles. The van der Waals surface area contributed by atoms with Crippen molar-refractivity contribution in [3.05, 3.63) is 66.6 Å². The van der Waals surface area contributed by atoms with Gasteiger partial charge in [-0.25, -0.2) is 4.39 Å². The molecule has 0 aliphatic carbocycles. The van der Waals surface area contributed by atoms with Gasteiger partial charge in [0.25, 0.3) is 0 Å². The number of benzene rings is 2. The lowest BCUT2D eigenvalue weighted by Crippen LogP contribution is -2.41. The summed E-state index contributed by atoms with van der Waals surface area (Å²) in [6.45, 7) is 9.44. The number of aliphatic hydroxyl groups is 1. The molecule has 4 nitrogen and oxygen atoms in total. The van der Waals surface area contributed by atoms with E-state index in [2.05, 4.69) is 24.1 Å². The zero-order chi connectivity index (χ0) is 18.7. The molecule has 0 aromatic heterocycles. The fourth-order valence-electron chi connectivity index (χ4n) is 3.44. The molecule has 2 N–H and O–H groups in total. The van der Waals surface area contributed by atoms with Crippen molar-refractivity contribution in [1.82, 2.24) is 5.32 Å². The maximum absolute atomic E-state index is 14.0. The minimum atomic E-state index is -0.642. The van der Waals surface area contributed by atoms with E-state index in [1.807, 2.05) is 48.8 Å². The van der Waals surface area contributed by atoms with Crippen LogP contribution in [0.3, 0.4) is 0 Å². The van der Waals surface area contributed by atoms with Crippen LogP contribution >= 0.6 is 0 Å². The summed E-state index contributed by atoms with van der Waals surface area (Å²) in [4.78, 5) is 4.11. The highest BCUT2D eigenvalue weighted by Crippen LogP contribution is 2.45. The molecule has 5 heteroatoms. The highest BCUT2D eigenvalue weighted by atomic mass is 19.1. The van der Waals surface area contributed by atoms with Crippen LogP contribution in [0.2, 0.25) is 0 Å². The quantitative estimate of drug-likeness (QED) is 0.794. The van der Waals surface area contributed by atoms with Gasteiger partial charge in [-0.05, 0) is 44.2 Å². The van der Waals surface area contributed by atoms with E-state index in [0.717, 1.165) is 23.5 Å². The SMILES string of the molecule is CCNCC(O)C(c1ccccc1)N1[CH]N(C(C)C)c2ccc(F)cc21. The van der Waals surface area contributed by atoms with E-state index in [1.165, 1.54) is 6.07 Å². The Balaban J connectivity index is 2.03. The lowest BCUT2D eigenvalue weighted by atomic mass is 9.99.